The molecule has 0 aliphatic heterocycles. The van der Waals surface area contributed by atoms with Crippen LogP contribution in [-0.4, -0.2) is 11.6 Å². The number of rotatable bonds is 5. The smallest absolute Gasteiger partial charge is 0.267 e. The molecule has 1 rings (SSSR count). The van der Waals surface area contributed by atoms with E-state index in [1.54, 1.807) is 0 Å². The summed E-state index contributed by atoms with van der Waals surface area (Å²) in [5, 5.41) is 0. The Bertz CT molecular complexity index is 508. The highest BCUT2D eigenvalue weighted by Crippen LogP contribution is 2.29. The van der Waals surface area contributed by atoms with Gasteiger partial charge in [0.05, 0.1) is 5.56 Å². The van der Waals surface area contributed by atoms with Crippen molar-refractivity contribution in [2.75, 3.05) is 0 Å². The summed E-state index contributed by atoms with van der Waals surface area (Å²) in [6.45, 7) is 10.4. The Morgan fingerprint density at radius 1 is 1.25 bits per heavy atom. The van der Waals surface area contributed by atoms with Gasteiger partial charge in [0, 0.05) is 10.2 Å². The highest BCUT2D eigenvalue weighted by Gasteiger charge is 2.18. The van der Waals surface area contributed by atoms with Crippen molar-refractivity contribution < 1.29 is 4.79 Å². The van der Waals surface area contributed by atoms with E-state index < -0.39 is 0 Å². The molecule has 1 amide bonds. The average molecular weight is 338 g/mol. The molecule has 2 unspecified atom stereocenters. The van der Waals surface area contributed by atoms with E-state index in [2.05, 4.69) is 48.6 Å². The lowest BCUT2D eigenvalue weighted by Gasteiger charge is -2.15. The number of aliphatic imine (C=N–C) groups is 1. The second kappa shape index (κ2) is 7.72. The van der Waals surface area contributed by atoms with Crippen molar-refractivity contribution in [3.05, 3.63) is 33.8 Å². The van der Waals surface area contributed by atoms with E-state index in [4.69, 9.17) is 0 Å². The lowest BCUT2D eigenvalue weighted by atomic mass is 9.93. The van der Waals surface area contributed by atoms with Crippen molar-refractivity contribution in [3.8, 4) is 0 Å². The molecule has 2 nitrogen and oxygen atoms in total. The second-order valence-electron chi connectivity index (χ2n) is 5.38. The summed E-state index contributed by atoms with van der Waals surface area (Å²) in [5.74, 6) is 0.560. The van der Waals surface area contributed by atoms with Crippen molar-refractivity contribution in [1.29, 1.82) is 0 Å². The summed E-state index contributed by atoms with van der Waals surface area (Å²) < 4.78 is 0.834. The third kappa shape index (κ3) is 4.02. The van der Waals surface area contributed by atoms with Crippen LogP contribution in [0.2, 0.25) is 0 Å². The maximum atomic E-state index is 12.5. The van der Waals surface area contributed by atoms with Crippen LogP contribution >= 0.6 is 15.9 Å². The van der Waals surface area contributed by atoms with Crippen LogP contribution in [0.1, 0.15) is 69.3 Å². The van der Waals surface area contributed by atoms with Gasteiger partial charge in [-0.15, -0.1) is 0 Å². The first-order valence-corrected chi connectivity index (χ1v) is 8.09. The summed E-state index contributed by atoms with van der Waals surface area (Å²) in [6.07, 6.45) is 2.00. The van der Waals surface area contributed by atoms with Gasteiger partial charge in [0.25, 0.3) is 5.91 Å². The molecule has 2 atom stereocenters. The number of carbonyl (C=O) groups excluding carboxylic acids is 1. The molecule has 110 valence electrons. The Morgan fingerprint density at radius 3 is 2.45 bits per heavy atom. The number of hydrogen-bond donors (Lipinski definition) is 0. The van der Waals surface area contributed by atoms with Gasteiger partial charge < -0.3 is 0 Å². The van der Waals surface area contributed by atoms with Crippen LogP contribution in [0.5, 0.6) is 0 Å². The quantitative estimate of drug-likeness (QED) is 0.642. The number of nitrogens with zero attached hydrogens (tertiary/aromatic N) is 1. The standard InChI is InChI=1S/C17H24BrNO/c1-6-11(3)13(5)19-17(20)16-14(12(4)7-2)9-8-10-15(16)18/h8-12H,6-7H2,1-5H3. The van der Waals surface area contributed by atoms with Gasteiger partial charge in [0.15, 0.2) is 0 Å². The summed E-state index contributed by atoms with van der Waals surface area (Å²) in [7, 11) is 0. The normalized spacial score (nSPS) is 15.0. The molecule has 0 fully saturated rings. The minimum atomic E-state index is -0.134. The molecule has 0 heterocycles. The molecule has 0 N–H and O–H groups in total. The Morgan fingerprint density at radius 2 is 1.90 bits per heavy atom. The van der Waals surface area contributed by atoms with Crippen LogP contribution in [0.15, 0.2) is 27.7 Å². The number of carbonyl (C=O) groups is 1. The van der Waals surface area contributed by atoms with Gasteiger partial charge >= 0.3 is 0 Å². The van der Waals surface area contributed by atoms with Crippen molar-refractivity contribution in [3.63, 3.8) is 0 Å². The third-order valence-electron chi connectivity index (χ3n) is 4.01. The molecule has 0 spiro atoms. The number of amides is 1. The van der Waals surface area contributed by atoms with E-state index in [1.807, 2.05) is 25.1 Å². The number of benzene rings is 1. The van der Waals surface area contributed by atoms with Gasteiger partial charge in [-0.1, -0.05) is 39.8 Å². The van der Waals surface area contributed by atoms with Gasteiger partial charge in [0.2, 0.25) is 0 Å². The van der Waals surface area contributed by atoms with E-state index in [0.717, 1.165) is 28.6 Å². The highest BCUT2D eigenvalue weighted by molar-refractivity contribution is 9.10. The van der Waals surface area contributed by atoms with Crippen molar-refractivity contribution in [2.45, 2.75) is 53.4 Å². The minimum absolute atomic E-state index is 0.134. The lowest BCUT2D eigenvalue weighted by Crippen LogP contribution is -2.11. The fraction of sp³-hybridized carbons (Fsp3) is 0.529. The van der Waals surface area contributed by atoms with Crippen molar-refractivity contribution in [1.82, 2.24) is 0 Å². The van der Waals surface area contributed by atoms with Crippen molar-refractivity contribution in [2.24, 2.45) is 10.9 Å². The van der Waals surface area contributed by atoms with E-state index in [0.29, 0.717) is 17.4 Å². The largest absolute Gasteiger partial charge is 0.278 e. The molecule has 3 heteroatoms. The van der Waals surface area contributed by atoms with Gasteiger partial charge in [-0.05, 0) is 59.2 Å². The van der Waals surface area contributed by atoms with E-state index >= 15 is 0 Å². The Hall–Kier alpha value is -0.960. The first kappa shape index (κ1) is 17.1. The fourth-order valence-electron chi connectivity index (χ4n) is 2.02. The molecule has 0 bridgehead atoms. The maximum Gasteiger partial charge on any atom is 0.278 e. The van der Waals surface area contributed by atoms with Crippen LogP contribution < -0.4 is 0 Å². The number of hydrogen-bond acceptors (Lipinski definition) is 1. The van der Waals surface area contributed by atoms with Crippen LogP contribution in [0, 0.1) is 5.92 Å². The van der Waals surface area contributed by atoms with Crippen LogP contribution in [0.4, 0.5) is 0 Å². The molecule has 0 radical (unpaired) electrons. The first-order valence-electron chi connectivity index (χ1n) is 7.30. The molecule has 0 aliphatic rings. The van der Waals surface area contributed by atoms with Crippen LogP contribution in [0.3, 0.4) is 0 Å². The molecule has 20 heavy (non-hydrogen) atoms. The summed E-state index contributed by atoms with van der Waals surface area (Å²) in [6, 6.07) is 5.92. The summed E-state index contributed by atoms with van der Waals surface area (Å²) >= 11 is 3.50. The van der Waals surface area contributed by atoms with Gasteiger partial charge in [0.1, 0.15) is 0 Å². The van der Waals surface area contributed by atoms with Gasteiger partial charge in [-0.25, -0.2) is 4.99 Å². The second-order valence-corrected chi connectivity index (χ2v) is 6.24. The average Bonchev–Trinajstić information content (AvgIpc) is 2.44. The molecule has 0 saturated carbocycles. The first-order chi connectivity index (χ1) is 9.42. The maximum absolute atomic E-state index is 12.5. The monoisotopic (exact) mass is 337 g/mol. The van der Waals surface area contributed by atoms with Gasteiger partial charge in [-0.2, -0.15) is 0 Å². The SMILES string of the molecule is CCC(C)C(C)=NC(=O)c1c(Br)cccc1C(C)CC. The topological polar surface area (TPSA) is 29.4 Å². The predicted molar refractivity (Wildman–Crippen MR) is 89.7 cm³/mol. The molecular weight excluding hydrogens is 314 g/mol. The van der Waals surface area contributed by atoms with Crippen molar-refractivity contribution >= 4 is 27.5 Å². The van der Waals surface area contributed by atoms with Crippen LogP contribution in [-0.2, 0) is 0 Å². The molecule has 0 aliphatic carbocycles. The van der Waals surface area contributed by atoms with E-state index in [1.165, 1.54) is 0 Å². The molecule has 0 saturated heterocycles. The van der Waals surface area contributed by atoms with E-state index in [-0.39, 0.29) is 5.91 Å². The lowest BCUT2D eigenvalue weighted by molar-refractivity contribution is 0.1000. The Kier molecular flexibility index (Phi) is 6.60. The zero-order chi connectivity index (χ0) is 15.3. The predicted octanol–water partition coefficient (Wildman–Crippen LogP) is 5.61. The zero-order valence-corrected chi connectivity index (χ0v) is 14.6. The Labute approximate surface area is 130 Å². The zero-order valence-electron chi connectivity index (χ0n) is 13.0. The highest BCUT2D eigenvalue weighted by atomic mass is 79.9. The molecule has 0 aromatic heterocycles. The van der Waals surface area contributed by atoms with Gasteiger partial charge in [-0.3, -0.25) is 4.79 Å². The summed E-state index contributed by atoms with van der Waals surface area (Å²) in [5.41, 5.74) is 2.69. The summed E-state index contributed by atoms with van der Waals surface area (Å²) in [4.78, 5) is 16.8. The number of halogens is 1. The molecule has 1 aromatic carbocycles. The fourth-order valence-corrected chi connectivity index (χ4v) is 2.57. The van der Waals surface area contributed by atoms with E-state index in [9.17, 15) is 4.79 Å². The third-order valence-corrected chi connectivity index (χ3v) is 4.67. The molecule has 1 aromatic rings. The minimum Gasteiger partial charge on any atom is -0.267 e. The molecular formula is C17H24BrNO. The van der Waals surface area contributed by atoms with Crippen LogP contribution in [0.25, 0.3) is 0 Å². The Balaban J connectivity index is 3.22.